The van der Waals surface area contributed by atoms with E-state index in [4.69, 9.17) is 4.74 Å². The Kier molecular flexibility index (Phi) is 6.25. The number of methoxy groups -OCH3 is 1. The van der Waals surface area contributed by atoms with Crippen molar-refractivity contribution in [2.45, 2.75) is 24.9 Å². The first-order valence-electron chi connectivity index (χ1n) is 10.2. The highest BCUT2D eigenvalue weighted by atomic mass is 16.5. The number of amides is 2. The predicted molar refractivity (Wildman–Crippen MR) is 112 cm³/mol. The fourth-order valence-corrected chi connectivity index (χ4v) is 3.96. The Bertz CT molecular complexity index is 866. The second kappa shape index (κ2) is 9.23. The maximum Gasteiger partial charge on any atom is 0.241 e. The van der Waals surface area contributed by atoms with Crippen LogP contribution in [0.3, 0.4) is 0 Å². The van der Waals surface area contributed by atoms with Crippen LogP contribution in [-0.2, 0) is 16.0 Å². The molecule has 2 aliphatic rings. The van der Waals surface area contributed by atoms with E-state index in [9.17, 15) is 9.59 Å². The van der Waals surface area contributed by atoms with Crippen LogP contribution >= 0.6 is 0 Å². The Hall–Kier alpha value is -2.97. The minimum absolute atomic E-state index is 0.0845. The van der Waals surface area contributed by atoms with Crippen LogP contribution in [0, 0.1) is 0 Å². The van der Waals surface area contributed by atoms with Crippen LogP contribution in [-0.4, -0.2) is 65.9 Å². The molecule has 2 aromatic rings. The van der Waals surface area contributed by atoms with Gasteiger partial charge in [0.15, 0.2) is 0 Å². The maximum absolute atomic E-state index is 12.9. The number of hydrazine groups is 1. The summed E-state index contributed by atoms with van der Waals surface area (Å²) in [6.07, 6.45) is 4.57. The van der Waals surface area contributed by atoms with E-state index >= 15 is 0 Å². The van der Waals surface area contributed by atoms with Crippen LogP contribution in [0.1, 0.15) is 23.6 Å². The molecule has 2 saturated heterocycles. The van der Waals surface area contributed by atoms with Gasteiger partial charge in [-0.3, -0.25) is 14.6 Å². The van der Waals surface area contributed by atoms with Crippen LogP contribution in [0.25, 0.3) is 0 Å². The zero-order valence-electron chi connectivity index (χ0n) is 17.1. The van der Waals surface area contributed by atoms with Gasteiger partial charge in [0.05, 0.1) is 13.5 Å². The molecule has 1 aromatic carbocycles. The number of benzene rings is 1. The van der Waals surface area contributed by atoms with Gasteiger partial charge in [-0.15, -0.1) is 0 Å². The first kappa shape index (κ1) is 20.3. The summed E-state index contributed by atoms with van der Waals surface area (Å²) in [5.41, 5.74) is 8.41. The molecule has 2 atom stereocenters. The van der Waals surface area contributed by atoms with E-state index in [-0.39, 0.29) is 23.9 Å². The Morgan fingerprint density at radius 1 is 1.00 bits per heavy atom. The van der Waals surface area contributed by atoms with E-state index in [1.807, 2.05) is 46.2 Å². The molecule has 2 unspecified atom stereocenters. The van der Waals surface area contributed by atoms with E-state index in [1.165, 1.54) is 0 Å². The highest BCUT2D eigenvalue weighted by Gasteiger charge is 2.34. The van der Waals surface area contributed by atoms with Crippen molar-refractivity contribution in [2.75, 3.05) is 33.3 Å². The van der Waals surface area contributed by atoms with Gasteiger partial charge in [-0.05, 0) is 41.8 Å². The molecule has 0 radical (unpaired) electrons. The van der Waals surface area contributed by atoms with Crippen molar-refractivity contribution in [1.82, 2.24) is 25.6 Å². The molecule has 1 aromatic heterocycles. The smallest absolute Gasteiger partial charge is 0.241 e. The predicted octanol–water partition coefficient (Wildman–Crippen LogP) is 0.911. The molecule has 158 valence electrons. The molecular formula is C22H27N5O3. The lowest BCUT2D eigenvalue weighted by Crippen LogP contribution is -2.54. The highest BCUT2D eigenvalue weighted by Crippen LogP contribution is 2.23. The Labute approximate surface area is 176 Å². The molecule has 8 heteroatoms. The normalized spacial score (nSPS) is 21.5. The Balaban J connectivity index is 1.25. The van der Waals surface area contributed by atoms with Gasteiger partial charge < -0.3 is 14.5 Å². The molecule has 2 aliphatic heterocycles. The zero-order chi connectivity index (χ0) is 20.9. The average molecular weight is 409 g/mol. The highest BCUT2D eigenvalue weighted by molar-refractivity contribution is 5.83. The standard InChI is InChI=1S/C22H27N5O3/c1-30-18-4-2-16(3-5-18)14-21(28)26-10-12-27(13-11-26)22(29)20-15-19(24-25-20)17-6-8-23-9-7-17/h2-9,19-20,24-25H,10-15H2,1H3. The van der Waals surface area contributed by atoms with Crippen LogP contribution in [0.4, 0.5) is 0 Å². The lowest BCUT2D eigenvalue weighted by molar-refractivity contribution is -0.140. The summed E-state index contributed by atoms with van der Waals surface area (Å²) in [4.78, 5) is 33.3. The summed E-state index contributed by atoms with van der Waals surface area (Å²) < 4.78 is 5.15. The van der Waals surface area contributed by atoms with Crippen molar-refractivity contribution in [3.63, 3.8) is 0 Å². The van der Waals surface area contributed by atoms with Crippen molar-refractivity contribution in [3.8, 4) is 5.75 Å². The molecule has 0 bridgehead atoms. The number of hydrogen-bond acceptors (Lipinski definition) is 6. The van der Waals surface area contributed by atoms with E-state index in [2.05, 4.69) is 15.8 Å². The van der Waals surface area contributed by atoms with E-state index in [0.29, 0.717) is 39.0 Å². The van der Waals surface area contributed by atoms with Crippen LogP contribution in [0.5, 0.6) is 5.75 Å². The fourth-order valence-electron chi connectivity index (χ4n) is 3.96. The number of ether oxygens (including phenoxy) is 1. The van der Waals surface area contributed by atoms with E-state index < -0.39 is 0 Å². The van der Waals surface area contributed by atoms with Gasteiger partial charge in [-0.25, -0.2) is 10.9 Å². The summed E-state index contributed by atoms with van der Waals surface area (Å²) in [6, 6.07) is 11.3. The van der Waals surface area contributed by atoms with Gasteiger partial charge in [0.2, 0.25) is 11.8 Å². The van der Waals surface area contributed by atoms with Crippen molar-refractivity contribution >= 4 is 11.8 Å². The summed E-state index contributed by atoms with van der Waals surface area (Å²) in [5, 5.41) is 0. The van der Waals surface area contributed by atoms with Gasteiger partial charge in [0, 0.05) is 44.6 Å². The third kappa shape index (κ3) is 4.60. The Morgan fingerprint density at radius 3 is 2.33 bits per heavy atom. The molecule has 0 saturated carbocycles. The van der Waals surface area contributed by atoms with Gasteiger partial charge in [-0.2, -0.15) is 0 Å². The van der Waals surface area contributed by atoms with Crippen molar-refractivity contribution < 1.29 is 14.3 Å². The first-order valence-corrected chi connectivity index (χ1v) is 10.2. The average Bonchev–Trinajstić information content (AvgIpc) is 3.30. The second-order valence-corrected chi connectivity index (χ2v) is 7.64. The van der Waals surface area contributed by atoms with Crippen molar-refractivity contribution in [3.05, 3.63) is 59.9 Å². The summed E-state index contributed by atoms with van der Waals surface area (Å²) >= 11 is 0. The minimum Gasteiger partial charge on any atom is -0.497 e. The van der Waals surface area contributed by atoms with Crippen LogP contribution in [0.15, 0.2) is 48.8 Å². The number of nitrogens with one attached hydrogen (secondary N) is 2. The maximum atomic E-state index is 12.9. The third-order valence-electron chi connectivity index (χ3n) is 5.77. The van der Waals surface area contributed by atoms with E-state index in [0.717, 1.165) is 16.9 Å². The number of pyridine rings is 1. The molecule has 2 fully saturated rings. The molecular weight excluding hydrogens is 382 g/mol. The lowest BCUT2D eigenvalue weighted by Gasteiger charge is -2.36. The summed E-state index contributed by atoms with van der Waals surface area (Å²) in [5.74, 6) is 0.950. The van der Waals surface area contributed by atoms with Crippen LogP contribution in [0.2, 0.25) is 0 Å². The molecule has 0 spiro atoms. The summed E-state index contributed by atoms with van der Waals surface area (Å²) in [7, 11) is 1.62. The van der Waals surface area contributed by atoms with Gasteiger partial charge >= 0.3 is 0 Å². The van der Waals surface area contributed by atoms with Gasteiger partial charge in [-0.1, -0.05) is 12.1 Å². The number of carbonyl (C=O) groups is 2. The van der Waals surface area contributed by atoms with Crippen LogP contribution < -0.4 is 15.6 Å². The second-order valence-electron chi connectivity index (χ2n) is 7.64. The molecule has 4 rings (SSSR count). The fraction of sp³-hybridized carbons (Fsp3) is 0.409. The molecule has 2 amide bonds. The molecule has 0 aliphatic carbocycles. The zero-order valence-corrected chi connectivity index (χ0v) is 17.1. The van der Waals surface area contributed by atoms with E-state index in [1.54, 1.807) is 19.5 Å². The third-order valence-corrected chi connectivity index (χ3v) is 5.77. The van der Waals surface area contributed by atoms with Crippen molar-refractivity contribution in [1.29, 1.82) is 0 Å². The number of aromatic nitrogens is 1. The molecule has 3 heterocycles. The topological polar surface area (TPSA) is 86.8 Å². The number of piperazine rings is 1. The van der Waals surface area contributed by atoms with Crippen molar-refractivity contribution in [2.24, 2.45) is 0 Å². The number of rotatable bonds is 5. The largest absolute Gasteiger partial charge is 0.497 e. The Morgan fingerprint density at radius 2 is 1.67 bits per heavy atom. The minimum atomic E-state index is -0.260. The lowest BCUT2D eigenvalue weighted by atomic mass is 10.0. The number of carbonyl (C=O) groups excluding carboxylic acids is 2. The monoisotopic (exact) mass is 409 g/mol. The quantitative estimate of drug-likeness (QED) is 0.764. The molecule has 2 N–H and O–H groups in total. The molecule has 8 nitrogen and oxygen atoms in total. The number of nitrogens with zero attached hydrogens (tertiary/aromatic N) is 3. The van der Waals surface area contributed by atoms with Gasteiger partial charge in [0.25, 0.3) is 0 Å². The molecule has 30 heavy (non-hydrogen) atoms. The number of hydrogen-bond donors (Lipinski definition) is 2. The summed E-state index contributed by atoms with van der Waals surface area (Å²) in [6.45, 7) is 2.25. The SMILES string of the molecule is COc1ccc(CC(=O)N2CCN(C(=O)C3CC(c4ccncc4)NN3)CC2)cc1. The first-order chi connectivity index (χ1) is 14.6. The van der Waals surface area contributed by atoms with Gasteiger partial charge in [0.1, 0.15) is 11.8 Å².